The predicted octanol–water partition coefficient (Wildman–Crippen LogP) is 3.73. The maximum Gasteiger partial charge on any atom is 0.146 e. The van der Waals surface area contributed by atoms with E-state index in [9.17, 15) is 4.39 Å². The lowest BCUT2D eigenvalue weighted by Crippen LogP contribution is -2.25. The van der Waals surface area contributed by atoms with Gasteiger partial charge in [0.1, 0.15) is 5.82 Å². The summed E-state index contributed by atoms with van der Waals surface area (Å²) in [4.78, 5) is 6.38. The standard InChI is InChI=1S/C16H22FN3S/c1-11(2)18-8-13-6-5-7-15(17)16(13)20(4)9-14-10-21-12(3)19-14/h5-7,10-11,18H,8-9H2,1-4H3. The Bertz CT molecular complexity index is 595. The lowest BCUT2D eigenvalue weighted by atomic mass is 10.1. The van der Waals surface area contributed by atoms with E-state index >= 15 is 0 Å². The predicted molar refractivity (Wildman–Crippen MR) is 87.3 cm³/mol. The number of thiazole rings is 1. The van der Waals surface area contributed by atoms with E-state index in [0.717, 1.165) is 16.3 Å². The van der Waals surface area contributed by atoms with Crippen LogP contribution in [-0.2, 0) is 13.1 Å². The van der Waals surface area contributed by atoms with E-state index in [4.69, 9.17) is 0 Å². The van der Waals surface area contributed by atoms with Gasteiger partial charge in [-0.2, -0.15) is 0 Å². The molecule has 1 aromatic heterocycles. The number of hydrogen-bond acceptors (Lipinski definition) is 4. The first-order chi connectivity index (χ1) is 9.97. The third kappa shape index (κ3) is 4.25. The van der Waals surface area contributed by atoms with Gasteiger partial charge in [0.05, 0.1) is 22.9 Å². The van der Waals surface area contributed by atoms with E-state index in [-0.39, 0.29) is 5.82 Å². The Morgan fingerprint density at radius 1 is 1.38 bits per heavy atom. The Hall–Kier alpha value is -1.46. The van der Waals surface area contributed by atoms with Crippen molar-refractivity contribution in [2.24, 2.45) is 0 Å². The Balaban J connectivity index is 2.20. The van der Waals surface area contributed by atoms with Crippen molar-refractivity contribution >= 4 is 17.0 Å². The number of para-hydroxylation sites is 1. The summed E-state index contributed by atoms with van der Waals surface area (Å²) in [5.41, 5.74) is 2.60. The number of benzene rings is 1. The number of aromatic nitrogens is 1. The summed E-state index contributed by atoms with van der Waals surface area (Å²) >= 11 is 1.62. The van der Waals surface area contributed by atoms with Crippen molar-refractivity contribution in [3.05, 3.63) is 45.7 Å². The molecule has 0 spiro atoms. The number of anilines is 1. The van der Waals surface area contributed by atoms with Crippen LogP contribution in [0, 0.1) is 12.7 Å². The number of rotatable bonds is 6. The molecule has 0 radical (unpaired) electrons. The lowest BCUT2D eigenvalue weighted by Gasteiger charge is -2.23. The summed E-state index contributed by atoms with van der Waals surface area (Å²) in [7, 11) is 1.91. The first-order valence-electron chi connectivity index (χ1n) is 7.10. The fourth-order valence-electron chi connectivity index (χ4n) is 2.25. The van der Waals surface area contributed by atoms with Gasteiger partial charge in [0, 0.05) is 25.0 Å². The number of nitrogens with zero attached hydrogens (tertiary/aromatic N) is 2. The fraction of sp³-hybridized carbons (Fsp3) is 0.438. The second-order valence-corrected chi connectivity index (χ2v) is 6.56. The summed E-state index contributed by atoms with van der Waals surface area (Å²) in [5.74, 6) is -0.187. The minimum absolute atomic E-state index is 0.187. The molecule has 5 heteroatoms. The molecular formula is C16H22FN3S. The maximum atomic E-state index is 14.2. The van der Waals surface area contributed by atoms with Crippen LogP contribution in [0.15, 0.2) is 23.6 Å². The number of halogens is 1. The summed E-state index contributed by atoms with van der Waals surface area (Å²) in [6.45, 7) is 7.42. The zero-order valence-electron chi connectivity index (χ0n) is 13.0. The van der Waals surface area contributed by atoms with E-state index in [1.165, 1.54) is 6.07 Å². The molecule has 0 aliphatic rings. The molecule has 0 saturated heterocycles. The minimum Gasteiger partial charge on any atom is -0.366 e. The van der Waals surface area contributed by atoms with Crippen LogP contribution in [0.2, 0.25) is 0 Å². The third-order valence-corrected chi connectivity index (χ3v) is 4.04. The first-order valence-corrected chi connectivity index (χ1v) is 7.98. The Morgan fingerprint density at radius 3 is 2.76 bits per heavy atom. The molecule has 0 atom stereocenters. The van der Waals surface area contributed by atoms with E-state index in [1.807, 2.05) is 30.3 Å². The van der Waals surface area contributed by atoms with Crippen LogP contribution in [0.5, 0.6) is 0 Å². The van der Waals surface area contributed by atoms with Crippen LogP contribution >= 0.6 is 11.3 Å². The van der Waals surface area contributed by atoms with Gasteiger partial charge in [-0.15, -0.1) is 11.3 Å². The van der Waals surface area contributed by atoms with Gasteiger partial charge in [0.25, 0.3) is 0 Å². The van der Waals surface area contributed by atoms with Gasteiger partial charge in [-0.05, 0) is 18.6 Å². The normalized spacial score (nSPS) is 11.1. The molecule has 0 bridgehead atoms. The van der Waals surface area contributed by atoms with E-state index in [2.05, 4.69) is 24.1 Å². The van der Waals surface area contributed by atoms with Crippen LogP contribution in [-0.4, -0.2) is 18.1 Å². The van der Waals surface area contributed by atoms with Crippen molar-refractivity contribution in [3.63, 3.8) is 0 Å². The molecule has 0 fully saturated rings. The molecule has 21 heavy (non-hydrogen) atoms. The molecule has 2 rings (SSSR count). The van der Waals surface area contributed by atoms with Crippen molar-refractivity contribution < 1.29 is 4.39 Å². The van der Waals surface area contributed by atoms with Crippen LogP contribution in [0.4, 0.5) is 10.1 Å². The SMILES string of the molecule is Cc1nc(CN(C)c2c(F)cccc2CNC(C)C)cs1. The average Bonchev–Trinajstić information content (AvgIpc) is 2.81. The molecule has 114 valence electrons. The van der Waals surface area contributed by atoms with Gasteiger partial charge in [-0.25, -0.2) is 9.37 Å². The molecule has 2 aromatic rings. The van der Waals surface area contributed by atoms with Crippen LogP contribution < -0.4 is 10.2 Å². The summed E-state index contributed by atoms with van der Waals surface area (Å²) < 4.78 is 14.2. The van der Waals surface area contributed by atoms with E-state index in [0.29, 0.717) is 24.8 Å². The molecule has 0 aliphatic heterocycles. The molecular weight excluding hydrogens is 285 g/mol. The van der Waals surface area contributed by atoms with Crippen LogP contribution in [0.25, 0.3) is 0 Å². The summed E-state index contributed by atoms with van der Waals surface area (Å²) in [5, 5.41) is 6.41. The van der Waals surface area contributed by atoms with Crippen molar-refractivity contribution in [1.82, 2.24) is 10.3 Å². The van der Waals surface area contributed by atoms with Gasteiger partial charge in [0.15, 0.2) is 0 Å². The van der Waals surface area contributed by atoms with Crippen LogP contribution in [0.3, 0.4) is 0 Å². The van der Waals surface area contributed by atoms with Crippen molar-refractivity contribution in [3.8, 4) is 0 Å². The Labute approximate surface area is 129 Å². The lowest BCUT2D eigenvalue weighted by molar-refractivity contribution is 0.579. The van der Waals surface area contributed by atoms with Crippen molar-refractivity contribution in [2.45, 2.75) is 39.9 Å². The molecule has 1 aromatic carbocycles. The fourth-order valence-corrected chi connectivity index (χ4v) is 2.85. The third-order valence-electron chi connectivity index (χ3n) is 3.22. The molecule has 1 N–H and O–H groups in total. The first kappa shape index (κ1) is 15.9. The molecule has 1 heterocycles. The highest BCUT2D eigenvalue weighted by Gasteiger charge is 2.14. The Morgan fingerprint density at radius 2 is 2.14 bits per heavy atom. The van der Waals surface area contributed by atoms with Gasteiger partial charge in [-0.3, -0.25) is 0 Å². The largest absolute Gasteiger partial charge is 0.366 e. The monoisotopic (exact) mass is 307 g/mol. The van der Waals surface area contributed by atoms with Gasteiger partial charge >= 0.3 is 0 Å². The smallest absolute Gasteiger partial charge is 0.146 e. The molecule has 0 amide bonds. The van der Waals surface area contributed by atoms with Crippen LogP contribution in [0.1, 0.15) is 30.1 Å². The van der Waals surface area contributed by atoms with Crippen molar-refractivity contribution in [2.75, 3.05) is 11.9 Å². The highest BCUT2D eigenvalue weighted by Crippen LogP contribution is 2.25. The highest BCUT2D eigenvalue weighted by molar-refractivity contribution is 7.09. The number of aryl methyl sites for hydroxylation is 1. The average molecular weight is 307 g/mol. The molecule has 3 nitrogen and oxygen atoms in total. The van der Waals surface area contributed by atoms with Gasteiger partial charge in [0.2, 0.25) is 0 Å². The maximum absolute atomic E-state index is 14.2. The number of hydrogen-bond donors (Lipinski definition) is 1. The highest BCUT2D eigenvalue weighted by atomic mass is 32.1. The van der Waals surface area contributed by atoms with Crippen molar-refractivity contribution in [1.29, 1.82) is 0 Å². The second-order valence-electron chi connectivity index (χ2n) is 5.50. The zero-order valence-corrected chi connectivity index (χ0v) is 13.8. The summed E-state index contributed by atoms with van der Waals surface area (Å²) in [6, 6.07) is 5.61. The Kier molecular flexibility index (Phi) is 5.31. The quantitative estimate of drug-likeness (QED) is 0.881. The zero-order chi connectivity index (χ0) is 15.4. The molecule has 0 unspecified atom stereocenters. The van der Waals surface area contributed by atoms with E-state index < -0.39 is 0 Å². The van der Waals surface area contributed by atoms with Gasteiger partial charge in [-0.1, -0.05) is 26.0 Å². The second kappa shape index (κ2) is 7.00. The minimum atomic E-state index is -0.187. The molecule has 0 saturated carbocycles. The topological polar surface area (TPSA) is 28.2 Å². The number of nitrogens with one attached hydrogen (secondary N) is 1. The van der Waals surface area contributed by atoms with E-state index in [1.54, 1.807) is 17.4 Å². The summed E-state index contributed by atoms with van der Waals surface area (Å²) in [6.07, 6.45) is 0. The van der Waals surface area contributed by atoms with Gasteiger partial charge < -0.3 is 10.2 Å². The molecule has 0 aliphatic carbocycles.